The topological polar surface area (TPSA) is 80.3 Å². The molecule has 0 saturated carbocycles. The van der Waals surface area contributed by atoms with Crippen molar-refractivity contribution in [3.8, 4) is 28.7 Å². The zero-order valence-corrected chi connectivity index (χ0v) is 18.9. The van der Waals surface area contributed by atoms with Gasteiger partial charge in [0.1, 0.15) is 17.3 Å². The SMILES string of the molecule is COc1cc(/C=C2\Oc3cc(OC(=O)c4cccc(F)c4)cc(C)c3C2=O)cc(OC)c1OC. The maximum absolute atomic E-state index is 13.4. The van der Waals surface area contributed by atoms with Gasteiger partial charge in [-0.05, 0) is 60.5 Å². The third kappa shape index (κ3) is 4.30. The number of carbonyl (C=O) groups excluding carboxylic acids is 2. The summed E-state index contributed by atoms with van der Waals surface area (Å²) in [6.07, 6.45) is 1.56. The van der Waals surface area contributed by atoms with Crippen molar-refractivity contribution in [2.45, 2.75) is 6.92 Å². The molecule has 0 aliphatic carbocycles. The predicted octanol–water partition coefficient (Wildman–Crippen LogP) is 5.00. The van der Waals surface area contributed by atoms with Crippen LogP contribution in [0.2, 0.25) is 0 Å². The van der Waals surface area contributed by atoms with Crippen LogP contribution >= 0.6 is 0 Å². The monoisotopic (exact) mass is 464 g/mol. The second kappa shape index (κ2) is 9.27. The van der Waals surface area contributed by atoms with Gasteiger partial charge in [0.2, 0.25) is 11.5 Å². The number of rotatable bonds is 6. The molecule has 34 heavy (non-hydrogen) atoms. The van der Waals surface area contributed by atoms with Crippen LogP contribution in [0.25, 0.3) is 6.08 Å². The van der Waals surface area contributed by atoms with Crippen LogP contribution in [-0.4, -0.2) is 33.1 Å². The molecular weight excluding hydrogens is 443 g/mol. The molecule has 0 bridgehead atoms. The van der Waals surface area contributed by atoms with E-state index in [1.807, 2.05) is 0 Å². The average molecular weight is 464 g/mol. The van der Waals surface area contributed by atoms with Crippen molar-refractivity contribution in [3.05, 3.63) is 82.4 Å². The molecular formula is C26H21FO7. The van der Waals surface area contributed by atoms with E-state index in [-0.39, 0.29) is 28.6 Å². The van der Waals surface area contributed by atoms with Gasteiger partial charge in [0.05, 0.1) is 32.5 Å². The van der Waals surface area contributed by atoms with E-state index in [9.17, 15) is 14.0 Å². The lowest BCUT2D eigenvalue weighted by atomic mass is 10.0. The summed E-state index contributed by atoms with van der Waals surface area (Å²) < 4.78 is 40.6. The minimum atomic E-state index is -0.726. The van der Waals surface area contributed by atoms with Crippen molar-refractivity contribution in [3.63, 3.8) is 0 Å². The summed E-state index contributed by atoms with van der Waals surface area (Å²) in [5.41, 5.74) is 1.60. The number of ether oxygens (including phenoxy) is 5. The molecule has 3 aromatic rings. The third-order valence-electron chi connectivity index (χ3n) is 5.20. The molecule has 0 radical (unpaired) electrons. The quantitative estimate of drug-likeness (QED) is 0.289. The summed E-state index contributed by atoms with van der Waals surface area (Å²) >= 11 is 0. The van der Waals surface area contributed by atoms with E-state index in [0.717, 1.165) is 6.07 Å². The van der Waals surface area contributed by atoms with Crippen molar-refractivity contribution in [2.75, 3.05) is 21.3 Å². The minimum absolute atomic E-state index is 0.0677. The Hall–Kier alpha value is -4.33. The molecule has 0 fully saturated rings. The van der Waals surface area contributed by atoms with E-state index in [1.165, 1.54) is 45.6 Å². The highest BCUT2D eigenvalue weighted by atomic mass is 19.1. The Labute approximate surface area is 195 Å². The van der Waals surface area contributed by atoms with E-state index >= 15 is 0 Å². The number of benzene rings is 3. The number of allylic oxidation sites excluding steroid dienone is 1. The van der Waals surface area contributed by atoms with Gasteiger partial charge in [0, 0.05) is 6.07 Å². The van der Waals surface area contributed by atoms with Gasteiger partial charge in [0.15, 0.2) is 17.3 Å². The van der Waals surface area contributed by atoms with Crippen molar-refractivity contribution in [2.24, 2.45) is 0 Å². The number of halogens is 1. The number of aryl methyl sites for hydroxylation is 1. The third-order valence-corrected chi connectivity index (χ3v) is 5.20. The van der Waals surface area contributed by atoms with Crippen molar-refractivity contribution in [1.82, 2.24) is 0 Å². The van der Waals surface area contributed by atoms with Gasteiger partial charge in [-0.2, -0.15) is 0 Å². The predicted molar refractivity (Wildman–Crippen MR) is 122 cm³/mol. The fourth-order valence-corrected chi connectivity index (χ4v) is 3.65. The molecule has 4 rings (SSSR count). The van der Waals surface area contributed by atoms with Crippen LogP contribution in [0.3, 0.4) is 0 Å². The second-order valence-corrected chi connectivity index (χ2v) is 7.41. The highest BCUT2D eigenvalue weighted by molar-refractivity contribution is 6.15. The summed E-state index contributed by atoms with van der Waals surface area (Å²) in [7, 11) is 4.49. The molecule has 0 saturated heterocycles. The number of esters is 1. The molecule has 7 nitrogen and oxygen atoms in total. The zero-order valence-electron chi connectivity index (χ0n) is 18.9. The molecule has 174 valence electrons. The Morgan fingerprint density at radius 2 is 1.68 bits per heavy atom. The number of hydrogen-bond acceptors (Lipinski definition) is 7. The summed E-state index contributed by atoms with van der Waals surface area (Å²) in [5.74, 6) is 0.211. The first kappa shape index (κ1) is 22.8. The molecule has 0 aromatic heterocycles. The number of hydrogen-bond donors (Lipinski definition) is 0. The smallest absolute Gasteiger partial charge is 0.343 e. The molecule has 0 atom stereocenters. The highest BCUT2D eigenvalue weighted by Crippen LogP contribution is 2.41. The fraction of sp³-hybridized carbons (Fsp3) is 0.154. The van der Waals surface area contributed by atoms with Crippen LogP contribution in [0.5, 0.6) is 28.7 Å². The van der Waals surface area contributed by atoms with E-state index in [1.54, 1.807) is 31.2 Å². The Morgan fingerprint density at radius 3 is 2.29 bits per heavy atom. The standard InChI is InChI=1S/C26H21FO7/c1-14-8-18(33-26(29)16-6-5-7-17(27)12-16)13-19-23(14)24(28)20(34-19)9-15-10-21(30-2)25(32-4)22(11-15)31-3/h5-13H,1-4H3/b20-9-. The number of fused-ring (bicyclic) bond motifs is 1. The lowest BCUT2D eigenvalue weighted by Gasteiger charge is -2.13. The average Bonchev–Trinajstić information content (AvgIpc) is 3.13. The molecule has 8 heteroatoms. The Bertz CT molecular complexity index is 1300. The Kier molecular flexibility index (Phi) is 6.23. The Morgan fingerprint density at radius 1 is 0.971 bits per heavy atom. The van der Waals surface area contributed by atoms with Crippen LogP contribution in [0.4, 0.5) is 4.39 Å². The normalized spacial score (nSPS) is 13.3. The first-order valence-electron chi connectivity index (χ1n) is 10.2. The van der Waals surface area contributed by atoms with Crippen molar-refractivity contribution >= 4 is 17.8 Å². The van der Waals surface area contributed by atoms with E-state index in [4.69, 9.17) is 23.7 Å². The number of ketones is 1. The van der Waals surface area contributed by atoms with Crippen LogP contribution in [0, 0.1) is 12.7 Å². The molecule has 0 unspecified atom stereocenters. The number of Topliss-reactive ketones (excluding diaryl/α,β-unsaturated/α-hetero) is 1. The van der Waals surface area contributed by atoms with Crippen molar-refractivity contribution in [1.29, 1.82) is 0 Å². The summed E-state index contributed by atoms with van der Waals surface area (Å²) in [6, 6.07) is 11.6. The van der Waals surface area contributed by atoms with Gasteiger partial charge in [-0.15, -0.1) is 0 Å². The van der Waals surface area contributed by atoms with E-state index < -0.39 is 11.8 Å². The van der Waals surface area contributed by atoms with Gasteiger partial charge in [-0.1, -0.05) is 6.07 Å². The fourth-order valence-electron chi connectivity index (χ4n) is 3.65. The molecule has 1 aliphatic rings. The van der Waals surface area contributed by atoms with E-state index in [0.29, 0.717) is 33.9 Å². The van der Waals surface area contributed by atoms with Crippen LogP contribution < -0.4 is 23.7 Å². The maximum atomic E-state index is 13.4. The lowest BCUT2D eigenvalue weighted by molar-refractivity contribution is 0.0734. The lowest BCUT2D eigenvalue weighted by Crippen LogP contribution is -2.09. The molecule has 3 aromatic carbocycles. The zero-order chi connectivity index (χ0) is 24.4. The van der Waals surface area contributed by atoms with Gasteiger partial charge >= 0.3 is 5.97 Å². The molecule has 0 spiro atoms. The van der Waals surface area contributed by atoms with Crippen LogP contribution in [0.1, 0.15) is 31.8 Å². The molecule has 0 N–H and O–H groups in total. The first-order valence-corrected chi connectivity index (χ1v) is 10.2. The first-order chi connectivity index (χ1) is 16.3. The number of methoxy groups -OCH3 is 3. The van der Waals surface area contributed by atoms with Gasteiger partial charge in [-0.3, -0.25) is 4.79 Å². The van der Waals surface area contributed by atoms with Gasteiger partial charge < -0.3 is 23.7 Å². The van der Waals surface area contributed by atoms with E-state index in [2.05, 4.69) is 0 Å². The molecule has 1 aliphatic heterocycles. The number of carbonyl (C=O) groups is 2. The maximum Gasteiger partial charge on any atom is 0.343 e. The summed E-state index contributed by atoms with van der Waals surface area (Å²) in [6.45, 7) is 1.71. The molecule has 0 amide bonds. The van der Waals surface area contributed by atoms with Crippen LogP contribution in [0.15, 0.2) is 54.3 Å². The second-order valence-electron chi connectivity index (χ2n) is 7.41. The molecule has 1 heterocycles. The van der Waals surface area contributed by atoms with Gasteiger partial charge in [-0.25, -0.2) is 9.18 Å². The van der Waals surface area contributed by atoms with Gasteiger partial charge in [0.25, 0.3) is 0 Å². The Balaban J connectivity index is 1.64. The van der Waals surface area contributed by atoms with Crippen LogP contribution in [-0.2, 0) is 0 Å². The minimum Gasteiger partial charge on any atom is -0.493 e. The van der Waals surface area contributed by atoms with Crippen molar-refractivity contribution < 1.29 is 37.7 Å². The largest absolute Gasteiger partial charge is 0.493 e. The summed E-state index contributed by atoms with van der Waals surface area (Å²) in [4.78, 5) is 25.4. The summed E-state index contributed by atoms with van der Waals surface area (Å²) in [5, 5.41) is 0. The highest BCUT2D eigenvalue weighted by Gasteiger charge is 2.30.